The standard InChI is InChI=1S/C22H21BrN2S/c1-15-8-10-18(11-9-15)21(17-6-4-3-5-7-17)25-22(26)24-19-12-13-20(23)16(2)14-19/h3-14,21H,1-2H3,(H2,24,25,26). The molecule has 3 aromatic carbocycles. The number of anilines is 1. The molecule has 0 radical (unpaired) electrons. The molecule has 2 N–H and O–H groups in total. The second-order valence-corrected chi connectivity index (χ2v) is 7.58. The molecule has 3 rings (SSSR count). The van der Waals surface area contributed by atoms with Gasteiger partial charge in [-0.3, -0.25) is 0 Å². The molecule has 0 heterocycles. The third-order valence-corrected chi connectivity index (χ3v) is 5.34. The maximum absolute atomic E-state index is 5.58. The van der Waals surface area contributed by atoms with Crippen LogP contribution in [0.1, 0.15) is 28.3 Å². The topological polar surface area (TPSA) is 24.1 Å². The number of hydrogen-bond acceptors (Lipinski definition) is 1. The molecule has 1 unspecified atom stereocenters. The molecule has 0 aliphatic carbocycles. The number of thiocarbonyl (C=S) groups is 1. The summed E-state index contributed by atoms with van der Waals surface area (Å²) in [6.45, 7) is 4.15. The highest BCUT2D eigenvalue weighted by atomic mass is 79.9. The minimum atomic E-state index is -0.00616. The fourth-order valence-corrected chi connectivity index (χ4v) is 3.27. The Labute approximate surface area is 168 Å². The number of halogens is 1. The lowest BCUT2D eigenvalue weighted by Gasteiger charge is -2.22. The van der Waals surface area contributed by atoms with E-state index in [9.17, 15) is 0 Å². The number of hydrogen-bond donors (Lipinski definition) is 2. The quantitative estimate of drug-likeness (QED) is 0.491. The minimum Gasteiger partial charge on any atom is -0.352 e. The van der Waals surface area contributed by atoms with Gasteiger partial charge in [0.05, 0.1) is 6.04 Å². The predicted octanol–water partition coefficient (Wildman–Crippen LogP) is 6.14. The van der Waals surface area contributed by atoms with Crippen molar-refractivity contribution in [2.45, 2.75) is 19.9 Å². The summed E-state index contributed by atoms with van der Waals surface area (Å²) in [5.74, 6) is 0. The fourth-order valence-electron chi connectivity index (χ4n) is 2.78. The van der Waals surface area contributed by atoms with Gasteiger partial charge in [-0.1, -0.05) is 76.1 Å². The molecule has 26 heavy (non-hydrogen) atoms. The van der Waals surface area contributed by atoms with Crippen molar-refractivity contribution < 1.29 is 0 Å². The third kappa shape index (κ3) is 4.71. The second-order valence-electron chi connectivity index (χ2n) is 6.32. The van der Waals surface area contributed by atoms with Gasteiger partial charge in [0.15, 0.2) is 5.11 Å². The Morgan fingerprint density at radius 1 is 0.885 bits per heavy atom. The third-order valence-electron chi connectivity index (χ3n) is 4.23. The highest BCUT2D eigenvalue weighted by molar-refractivity contribution is 9.10. The molecule has 1 atom stereocenters. The van der Waals surface area contributed by atoms with E-state index in [1.165, 1.54) is 16.7 Å². The molecule has 3 aromatic rings. The molecule has 0 aromatic heterocycles. The predicted molar refractivity (Wildman–Crippen MR) is 118 cm³/mol. The lowest BCUT2D eigenvalue weighted by atomic mass is 9.98. The van der Waals surface area contributed by atoms with Crippen molar-refractivity contribution in [3.8, 4) is 0 Å². The highest BCUT2D eigenvalue weighted by Crippen LogP contribution is 2.23. The van der Waals surface area contributed by atoms with E-state index in [0.717, 1.165) is 15.7 Å². The van der Waals surface area contributed by atoms with Crippen LogP contribution in [0.5, 0.6) is 0 Å². The molecule has 0 fully saturated rings. The van der Waals surface area contributed by atoms with E-state index in [-0.39, 0.29) is 6.04 Å². The number of nitrogens with one attached hydrogen (secondary N) is 2. The molecule has 0 saturated carbocycles. The first-order chi connectivity index (χ1) is 12.5. The molecule has 0 aliphatic rings. The zero-order chi connectivity index (χ0) is 18.5. The molecule has 0 saturated heterocycles. The monoisotopic (exact) mass is 424 g/mol. The first-order valence-corrected chi connectivity index (χ1v) is 9.68. The number of aryl methyl sites for hydroxylation is 2. The zero-order valence-corrected chi connectivity index (χ0v) is 17.2. The number of benzene rings is 3. The Kier molecular flexibility index (Phi) is 6.07. The van der Waals surface area contributed by atoms with Crippen LogP contribution in [0.25, 0.3) is 0 Å². The van der Waals surface area contributed by atoms with Crippen LogP contribution in [-0.2, 0) is 0 Å². The zero-order valence-electron chi connectivity index (χ0n) is 14.8. The van der Waals surface area contributed by atoms with Crippen molar-refractivity contribution in [1.82, 2.24) is 5.32 Å². The molecule has 4 heteroatoms. The smallest absolute Gasteiger partial charge is 0.171 e. The summed E-state index contributed by atoms with van der Waals surface area (Å²) in [5, 5.41) is 7.35. The van der Waals surface area contributed by atoms with Crippen molar-refractivity contribution in [1.29, 1.82) is 0 Å². The summed E-state index contributed by atoms with van der Waals surface area (Å²) in [4.78, 5) is 0. The van der Waals surface area contributed by atoms with Crippen molar-refractivity contribution >= 4 is 38.9 Å². The van der Waals surface area contributed by atoms with E-state index in [1.54, 1.807) is 0 Å². The van der Waals surface area contributed by atoms with Gasteiger partial charge in [-0.25, -0.2) is 0 Å². The van der Waals surface area contributed by atoms with Crippen molar-refractivity contribution in [3.05, 3.63) is 99.5 Å². The molecular formula is C22H21BrN2S. The van der Waals surface area contributed by atoms with Crippen LogP contribution in [0, 0.1) is 13.8 Å². The van der Waals surface area contributed by atoms with Gasteiger partial charge in [-0.2, -0.15) is 0 Å². The lowest BCUT2D eigenvalue weighted by Crippen LogP contribution is -2.33. The molecule has 0 amide bonds. The summed E-state index contributed by atoms with van der Waals surface area (Å²) in [6, 6.07) is 25.0. The Balaban J connectivity index is 1.82. The van der Waals surface area contributed by atoms with Crippen LogP contribution in [0.4, 0.5) is 5.69 Å². The molecule has 132 valence electrons. The van der Waals surface area contributed by atoms with Gasteiger partial charge in [0.25, 0.3) is 0 Å². The van der Waals surface area contributed by atoms with Crippen LogP contribution in [0.2, 0.25) is 0 Å². The Bertz CT molecular complexity index is 892. The van der Waals surface area contributed by atoms with Gasteiger partial charge in [-0.05, 0) is 61.0 Å². The number of rotatable bonds is 4. The summed E-state index contributed by atoms with van der Waals surface area (Å²) in [7, 11) is 0. The first-order valence-electron chi connectivity index (χ1n) is 8.48. The molecule has 2 nitrogen and oxygen atoms in total. The van der Waals surface area contributed by atoms with E-state index < -0.39 is 0 Å². The van der Waals surface area contributed by atoms with Gasteiger partial charge in [0.1, 0.15) is 0 Å². The SMILES string of the molecule is Cc1ccc(C(NC(=S)Nc2ccc(Br)c(C)c2)c2ccccc2)cc1. The largest absolute Gasteiger partial charge is 0.352 e. The van der Waals surface area contributed by atoms with Gasteiger partial charge in [0.2, 0.25) is 0 Å². The highest BCUT2D eigenvalue weighted by Gasteiger charge is 2.15. The van der Waals surface area contributed by atoms with Crippen molar-refractivity contribution in [2.75, 3.05) is 5.32 Å². The van der Waals surface area contributed by atoms with Crippen LogP contribution >= 0.6 is 28.1 Å². The van der Waals surface area contributed by atoms with E-state index in [1.807, 2.05) is 30.3 Å². The lowest BCUT2D eigenvalue weighted by molar-refractivity contribution is 0.768. The van der Waals surface area contributed by atoms with E-state index in [2.05, 4.69) is 82.9 Å². The fraction of sp³-hybridized carbons (Fsp3) is 0.136. The average molecular weight is 425 g/mol. The van der Waals surface area contributed by atoms with E-state index >= 15 is 0 Å². The van der Waals surface area contributed by atoms with Crippen molar-refractivity contribution in [3.63, 3.8) is 0 Å². The van der Waals surface area contributed by atoms with Crippen LogP contribution in [0.15, 0.2) is 77.3 Å². The second kappa shape index (κ2) is 8.47. The van der Waals surface area contributed by atoms with E-state index in [0.29, 0.717) is 5.11 Å². The normalized spacial score (nSPS) is 11.7. The first kappa shape index (κ1) is 18.6. The van der Waals surface area contributed by atoms with Gasteiger partial charge < -0.3 is 10.6 Å². The Morgan fingerprint density at radius 3 is 2.19 bits per heavy atom. The van der Waals surface area contributed by atoms with Crippen LogP contribution in [-0.4, -0.2) is 5.11 Å². The molecular weight excluding hydrogens is 404 g/mol. The van der Waals surface area contributed by atoms with Gasteiger partial charge in [-0.15, -0.1) is 0 Å². The molecule has 0 aliphatic heterocycles. The maximum Gasteiger partial charge on any atom is 0.171 e. The maximum atomic E-state index is 5.58. The minimum absolute atomic E-state index is 0.00616. The summed E-state index contributed by atoms with van der Waals surface area (Å²) in [5.41, 5.74) is 5.73. The molecule has 0 spiro atoms. The van der Waals surface area contributed by atoms with Gasteiger partial charge >= 0.3 is 0 Å². The summed E-state index contributed by atoms with van der Waals surface area (Å²) >= 11 is 9.11. The molecule has 0 bridgehead atoms. The Hall–Kier alpha value is -2.17. The average Bonchev–Trinajstić information content (AvgIpc) is 2.64. The van der Waals surface area contributed by atoms with Crippen LogP contribution in [0.3, 0.4) is 0 Å². The van der Waals surface area contributed by atoms with Gasteiger partial charge in [0, 0.05) is 10.2 Å². The van der Waals surface area contributed by atoms with Crippen LogP contribution < -0.4 is 10.6 Å². The summed E-state index contributed by atoms with van der Waals surface area (Å²) < 4.78 is 1.09. The Morgan fingerprint density at radius 2 is 1.54 bits per heavy atom. The summed E-state index contributed by atoms with van der Waals surface area (Å²) in [6.07, 6.45) is 0. The van der Waals surface area contributed by atoms with E-state index in [4.69, 9.17) is 12.2 Å². The van der Waals surface area contributed by atoms with Crippen molar-refractivity contribution in [2.24, 2.45) is 0 Å².